The zero-order valence-electron chi connectivity index (χ0n) is 13.7. The minimum absolute atomic E-state index is 0.100. The lowest BCUT2D eigenvalue weighted by Gasteiger charge is -2.33. The first-order valence-corrected chi connectivity index (χ1v) is 8.57. The van der Waals surface area contributed by atoms with Crippen molar-refractivity contribution in [1.82, 2.24) is 4.90 Å². The van der Waals surface area contributed by atoms with E-state index in [1.807, 2.05) is 41.5 Å². The van der Waals surface area contributed by atoms with E-state index in [9.17, 15) is 4.79 Å². The molecule has 1 aliphatic rings. The minimum Gasteiger partial charge on any atom is -0.497 e. The van der Waals surface area contributed by atoms with E-state index in [0.29, 0.717) is 19.7 Å². The van der Waals surface area contributed by atoms with Gasteiger partial charge in [-0.25, -0.2) is 0 Å². The van der Waals surface area contributed by atoms with Crippen molar-refractivity contribution in [3.05, 3.63) is 51.2 Å². The number of benzene rings is 1. The maximum atomic E-state index is 12.8. The van der Waals surface area contributed by atoms with Crippen LogP contribution in [0.3, 0.4) is 0 Å². The third-order valence-electron chi connectivity index (χ3n) is 4.34. The molecule has 0 saturated carbocycles. The number of morpholine rings is 1. The van der Waals surface area contributed by atoms with E-state index in [4.69, 9.17) is 9.47 Å². The lowest BCUT2D eigenvalue weighted by atomic mass is 10.1. The van der Waals surface area contributed by atoms with Crippen LogP contribution in [0.25, 0.3) is 0 Å². The summed E-state index contributed by atoms with van der Waals surface area (Å²) in [4.78, 5) is 15.9. The molecule has 2 heterocycles. The zero-order chi connectivity index (χ0) is 16.4. The summed E-state index contributed by atoms with van der Waals surface area (Å²) in [5, 5.41) is 1.96. The summed E-state index contributed by atoms with van der Waals surface area (Å²) in [6.07, 6.45) is -0.108. The average molecular weight is 331 g/mol. The summed E-state index contributed by atoms with van der Waals surface area (Å²) in [7, 11) is 1.65. The van der Waals surface area contributed by atoms with E-state index < -0.39 is 0 Å². The fraction of sp³-hybridized carbons (Fsp3) is 0.389. The van der Waals surface area contributed by atoms with Gasteiger partial charge in [0, 0.05) is 16.8 Å². The number of aryl methyl sites for hydroxylation is 1. The van der Waals surface area contributed by atoms with Crippen LogP contribution in [-0.2, 0) is 4.74 Å². The molecular formula is C18H21NO3S. The lowest BCUT2D eigenvalue weighted by Crippen LogP contribution is -2.42. The summed E-state index contributed by atoms with van der Waals surface area (Å²) in [6.45, 7) is 5.82. The Morgan fingerprint density at radius 2 is 2.22 bits per heavy atom. The first-order chi connectivity index (χ1) is 11.1. The number of thiophene rings is 1. The molecule has 0 aliphatic carbocycles. The van der Waals surface area contributed by atoms with Crippen LogP contribution in [0, 0.1) is 13.8 Å². The molecule has 1 saturated heterocycles. The molecule has 0 bridgehead atoms. The van der Waals surface area contributed by atoms with Gasteiger partial charge in [-0.1, -0.05) is 12.1 Å². The predicted octanol–water partition coefficient (Wildman–Crippen LogP) is 3.59. The van der Waals surface area contributed by atoms with Crippen LogP contribution in [-0.4, -0.2) is 37.6 Å². The van der Waals surface area contributed by atoms with Gasteiger partial charge in [0.1, 0.15) is 11.9 Å². The van der Waals surface area contributed by atoms with Crippen molar-refractivity contribution in [2.75, 3.05) is 26.8 Å². The monoisotopic (exact) mass is 331 g/mol. The molecule has 0 unspecified atom stereocenters. The van der Waals surface area contributed by atoms with Gasteiger partial charge in [0.25, 0.3) is 5.91 Å². The molecule has 5 heteroatoms. The first kappa shape index (κ1) is 16.0. The Morgan fingerprint density at radius 1 is 1.39 bits per heavy atom. The van der Waals surface area contributed by atoms with Crippen LogP contribution in [0.1, 0.15) is 32.5 Å². The molecule has 1 amide bonds. The number of methoxy groups -OCH3 is 1. The minimum atomic E-state index is -0.108. The number of rotatable bonds is 3. The molecule has 1 aliphatic heterocycles. The summed E-state index contributed by atoms with van der Waals surface area (Å²) in [6, 6.07) is 7.84. The van der Waals surface area contributed by atoms with E-state index in [0.717, 1.165) is 22.4 Å². The van der Waals surface area contributed by atoms with E-state index in [-0.39, 0.29) is 12.0 Å². The molecular weight excluding hydrogens is 310 g/mol. The quantitative estimate of drug-likeness (QED) is 0.863. The predicted molar refractivity (Wildman–Crippen MR) is 91.4 cm³/mol. The highest BCUT2D eigenvalue weighted by Crippen LogP contribution is 2.28. The third kappa shape index (κ3) is 3.26. The van der Waals surface area contributed by atoms with Crippen LogP contribution in [0.15, 0.2) is 29.6 Å². The van der Waals surface area contributed by atoms with Gasteiger partial charge in [-0.15, -0.1) is 11.3 Å². The second-order valence-corrected chi connectivity index (χ2v) is 6.80. The highest BCUT2D eigenvalue weighted by Gasteiger charge is 2.27. The van der Waals surface area contributed by atoms with Gasteiger partial charge < -0.3 is 14.4 Å². The molecule has 23 heavy (non-hydrogen) atoms. The molecule has 0 spiro atoms. The van der Waals surface area contributed by atoms with Gasteiger partial charge in [-0.2, -0.15) is 0 Å². The fourth-order valence-electron chi connectivity index (χ4n) is 2.77. The number of hydrogen-bond acceptors (Lipinski definition) is 4. The number of amides is 1. The molecule has 3 rings (SSSR count). The van der Waals surface area contributed by atoms with E-state index in [2.05, 4.69) is 6.92 Å². The fourth-order valence-corrected chi connectivity index (χ4v) is 3.63. The van der Waals surface area contributed by atoms with Crippen molar-refractivity contribution in [3.8, 4) is 5.75 Å². The SMILES string of the molecule is COc1cccc([C@H]2CN(C(=O)c3csc(C)c3C)CCO2)c1. The zero-order valence-corrected chi connectivity index (χ0v) is 14.5. The Morgan fingerprint density at radius 3 is 2.91 bits per heavy atom. The second kappa shape index (κ2) is 6.72. The standard InChI is InChI=1S/C18H21NO3S/c1-12-13(2)23-11-16(12)18(20)19-7-8-22-17(10-19)14-5-4-6-15(9-14)21-3/h4-6,9,11,17H,7-8,10H2,1-3H3/t17-/m1/s1. The van der Waals surface area contributed by atoms with Crippen LogP contribution in [0.2, 0.25) is 0 Å². The molecule has 0 N–H and O–H groups in total. The third-order valence-corrected chi connectivity index (χ3v) is 5.35. The Bertz CT molecular complexity index is 710. The van der Waals surface area contributed by atoms with Crippen molar-refractivity contribution in [1.29, 1.82) is 0 Å². The van der Waals surface area contributed by atoms with Crippen molar-refractivity contribution in [2.45, 2.75) is 20.0 Å². The molecule has 1 aromatic carbocycles. The van der Waals surface area contributed by atoms with Gasteiger partial charge in [-0.3, -0.25) is 4.79 Å². The van der Waals surface area contributed by atoms with Crippen LogP contribution >= 0.6 is 11.3 Å². The molecule has 1 fully saturated rings. The molecule has 0 radical (unpaired) electrons. The largest absolute Gasteiger partial charge is 0.497 e. The number of hydrogen-bond donors (Lipinski definition) is 0. The Kier molecular flexibility index (Phi) is 4.68. The summed E-state index contributed by atoms with van der Waals surface area (Å²) >= 11 is 1.63. The van der Waals surface area contributed by atoms with Crippen molar-refractivity contribution >= 4 is 17.2 Å². The van der Waals surface area contributed by atoms with Gasteiger partial charge in [-0.05, 0) is 37.1 Å². The maximum Gasteiger partial charge on any atom is 0.255 e. The Labute approximate surface area is 140 Å². The summed E-state index contributed by atoms with van der Waals surface area (Å²) < 4.78 is 11.1. The smallest absolute Gasteiger partial charge is 0.255 e. The van der Waals surface area contributed by atoms with Crippen LogP contribution in [0.5, 0.6) is 5.75 Å². The number of ether oxygens (including phenoxy) is 2. The maximum absolute atomic E-state index is 12.8. The second-order valence-electron chi connectivity index (χ2n) is 5.72. The molecule has 122 valence electrons. The van der Waals surface area contributed by atoms with E-state index in [1.54, 1.807) is 18.4 Å². The Balaban J connectivity index is 1.77. The topological polar surface area (TPSA) is 38.8 Å². The molecule has 1 aromatic heterocycles. The van der Waals surface area contributed by atoms with Gasteiger partial charge in [0.15, 0.2) is 0 Å². The van der Waals surface area contributed by atoms with Gasteiger partial charge >= 0.3 is 0 Å². The van der Waals surface area contributed by atoms with Gasteiger partial charge in [0.2, 0.25) is 0 Å². The summed E-state index contributed by atoms with van der Waals surface area (Å²) in [5.41, 5.74) is 2.95. The van der Waals surface area contributed by atoms with Crippen LogP contribution < -0.4 is 4.74 Å². The van der Waals surface area contributed by atoms with E-state index in [1.165, 1.54) is 4.88 Å². The highest BCUT2D eigenvalue weighted by molar-refractivity contribution is 7.10. The van der Waals surface area contributed by atoms with Gasteiger partial charge in [0.05, 0.1) is 25.8 Å². The van der Waals surface area contributed by atoms with Crippen molar-refractivity contribution in [2.24, 2.45) is 0 Å². The molecule has 1 atom stereocenters. The average Bonchev–Trinajstić information content (AvgIpc) is 2.93. The lowest BCUT2D eigenvalue weighted by molar-refractivity contribution is -0.0229. The number of nitrogens with zero attached hydrogens (tertiary/aromatic N) is 1. The van der Waals surface area contributed by atoms with Crippen molar-refractivity contribution in [3.63, 3.8) is 0 Å². The van der Waals surface area contributed by atoms with Crippen LogP contribution in [0.4, 0.5) is 0 Å². The number of carbonyl (C=O) groups excluding carboxylic acids is 1. The number of carbonyl (C=O) groups is 1. The first-order valence-electron chi connectivity index (χ1n) is 7.69. The van der Waals surface area contributed by atoms with E-state index >= 15 is 0 Å². The molecule has 2 aromatic rings. The Hall–Kier alpha value is -1.85. The molecule has 4 nitrogen and oxygen atoms in total. The normalized spacial score (nSPS) is 18.0. The highest BCUT2D eigenvalue weighted by atomic mass is 32.1. The van der Waals surface area contributed by atoms with Crippen molar-refractivity contribution < 1.29 is 14.3 Å². The summed E-state index contributed by atoms with van der Waals surface area (Å²) in [5.74, 6) is 0.905.